The molecule has 1 rings (SSSR count). The number of allylic oxidation sites excluding steroid dienone is 1. The van der Waals surface area contributed by atoms with E-state index in [2.05, 4.69) is 0 Å². The maximum atomic E-state index is 11.3. The van der Waals surface area contributed by atoms with E-state index in [1.54, 1.807) is 18.2 Å². The Hall–Kier alpha value is -1.61. The second kappa shape index (κ2) is 6.08. The molecule has 3 nitrogen and oxygen atoms in total. The van der Waals surface area contributed by atoms with Crippen LogP contribution >= 0.6 is 11.6 Å². The van der Waals surface area contributed by atoms with E-state index in [1.165, 1.54) is 19.3 Å². The molecule has 4 heteroatoms. The molecule has 0 N–H and O–H groups in total. The zero-order valence-electron chi connectivity index (χ0n) is 8.89. The van der Waals surface area contributed by atoms with E-state index in [9.17, 15) is 10.0 Å². The van der Waals surface area contributed by atoms with Crippen LogP contribution in [0.15, 0.2) is 30.3 Å². The van der Waals surface area contributed by atoms with Gasteiger partial charge in [-0.2, -0.15) is 0 Å². The predicted octanol–water partition coefficient (Wildman–Crippen LogP) is 2.52. The first kappa shape index (κ1) is 12.5. The van der Waals surface area contributed by atoms with Gasteiger partial charge in [-0.15, -0.1) is 0 Å². The zero-order valence-corrected chi connectivity index (χ0v) is 9.65. The van der Waals surface area contributed by atoms with E-state index < -0.39 is 0 Å². The van der Waals surface area contributed by atoms with Crippen molar-refractivity contribution in [1.29, 1.82) is 0 Å². The molecule has 16 heavy (non-hydrogen) atoms. The molecule has 0 aromatic heterocycles. The van der Waals surface area contributed by atoms with Crippen LogP contribution in [-0.2, 0) is 4.79 Å². The Morgan fingerprint density at radius 2 is 2.06 bits per heavy atom. The van der Waals surface area contributed by atoms with E-state index >= 15 is 0 Å². The summed E-state index contributed by atoms with van der Waals surface area (Å²) in [6, 6.07) is 7.14. The summed E-state index contributed by atoms with van der Waals surface area (Å²) in [6.07, 6.45) is 4.54. The minimum absolute atomic E-state index is 0.113. The average Bonchev–Trinajstić information content (AvgIpc) is 2.25. The van der Waals surface area contributed by atoms with Gasteiger partial charge in [-0.1, -0.05) is 29.8 Å². The average molecular weight is 238 g/mol. The highest BCUT2D eigenvalue weighted by Crippen LogP contribution is 2.10. The number of hydrogen-bond acceptors (Lipinski definition) is 2. The lowest BCUT2D eigenvalue weighted by Gasteiger charge is -1.94. The molecule has 0 atom stereocenters. The molecule has 0 aliphatic heterocycles. The summed E-state index contributed by atoms with van der Waals surface area (Å²) >= 11 is 5.72. The molecule has 0 amide bonds. The standard InChI is InChI=1S/C12H12ClNO2/c1-14(16)9-8-12(15)7-4-10-2-5-11(13)6-3-10/h2-7,9H,8H2,1H3/b7-4-,14-9+. The molecule has 0 aliphatic carbocycles. The van der Waals surface area contributed by atoms with Crippen molar-refractivity contribution in [3.05, 3.63) is 46.1 Å². The van der Waals surface area contributed by atoms with Crippen LogP contribution in [0.5, 0.6) is 0 Å². The summed E-state index contributed by atoms with van der Waals surface area (Å²) in [5.74, 6) is -0.113. The molecule has 1 aromatic rings. The third-order valence-corrected chi connectivity index (χ3v) is 2.13. The van der Waals surface area contributed by atoms with Gasteiger partial charge in [0.25, 0.3) is 0 Å². The van der Waals surface area contributed by atoms with Crippen molar-refractivity contribution < 1.29 is 9.53 Å². The smallest absolute Gasteiger partial charge is 0.165 e. The number of carbonyl (C=O) groups is 1. The van der Waals surface area contributed by atoms with Gasteiger partial charge in [0.2, 0.25) is 0 Å². The lowest BCUT2D eigenvalue weighted by atomic mass is 10.2. The van der Waals surface area contributed by atoms with Crippen LogP contribution < -0.4 is 0 Å². The Bertz CT molecular complexity index is 417. The van der Waals surface area contributed by atoms with Crippen LogP contribution in [0, 0.1) is 5.21 Å². The predicted molar refractivity (Wildman–Crippen MR) is 65.7 cm³/mol. The minimum Gasteiger partial charge on any atom is -0.624 e. The minimum atomic E-state index is -0.113. The van der Waals surface area contributed by atoms with Crippen LogP contribution in [-0.4, -0.2) is 23.8 Å². The Kier molecular flexibility index (Phi) is 4.73. The van der Waals surface area contributed by atoms with Gasteiger partial charge in [-0.25, -0.2) is 4.74 Å². The van der Waals surface area contributed by atoms with E-state index in [0.717, 1.165) is 5.56 Å². The van der Waals surface area contributed by atoms with Crippen LogP contribution in [0.1, 0.15) is 12.0 Å². The molecule has 0 bridgehead atoms. The number of benzene rings is 1. The molecule has 0 unspecified atom stereocenters. The SMILES string of the molecule is C/[N+]([O-])=C\CC(=O)/C=C\c1ccc(Cl)cc1. The Morgan fingerprint density at radius 1 is 1.44 bits per heavy atom. The Morgan fingerprint density at radius 3 is 2.62 bits per heavy atom. The highest BCUT2D eigenvalue weighted by molar-refractivity contribution is 6.30. The van der Waals surface area contributed by atoms with Crippen molar-refractivity contribution in [2.75, 3.05) is 7.05 Å². The van der Waals surface area contributed by atoms with Crippen LogP contribution in [0.3, 0.4) is 0 Å². The maximum Gasteiger partial charge on any atom is 0.165 e. The molecule has 0 saturated heterocycles. The van der Waals surface area contributed by atoms with Crippen LogP contribution in [0.25, 0.3) is 6.08 Å². The van der Waals surface area contributed by atoms with Crippen molar-refractivity contribution in [2.24, 2.45) is 0 Å². The van der Waals surface area contributed by atoms with Gasteiger partial charge in [0.15, 0.2) is 12.0 Å². The van der Waals surface area contributed by atoms with Gasteiger partial charge >= 0.3 is 0 Å². The second-order valence-corrected chi connectivity index (χ2v) is 3.72. The van der Waals surface area contributed by atoms with Crippen molar-refractivity contribution in [3.63, 3.8) is 0 Å². The van der Waals surface area contributed by atoms with Crippen molar-refractivity contribution in [2.45, 2.75) is 6.42 Å². The van der Waals surface area contributed by atoms with Gasteiger partial charge in [0, 0.05) is 5.02 Å². The summed E-state index contributed by atoms with van der Waals surface area (Å²) in [7, 11) is 1.34. The van der Waals surface area contributed by atoms with Crippen LogP contribution in [0.2, 0.25) is 5.02 Å². The molecule has 84 valence electrons. The fourth-order valence-electron chi connectivity index (χ4n) is 1.05. The Balaban J connectivity index is 2.57. The highest BCUT2D eigenvalue weighted by Gasteiger charge is 1.96. The number of carbonyl (C=O) groups excluding carboxylic acids is 1. The largest absolute Gasteiger partial charge is 0.624 e. The fourth-order valence-corrected chi connectivity index (χ4v) is 1.18. The van der Waals surface area contributed by atoms with Gasteiger partial charge in [0.05, 0.1) is 6.42 Å². The molecule has 0 aliphatic rings. The molecule has 0 radical (unpaired) electrons. The normalized spacial score (nSPS) is 12.0. The number of hydroxylamine groups is 1. The summed E-state index contributed by atoms with van der Waals surface area (Å²) in [4.78, 5) is 11.3. The van der Waals surface area contributed by atoms with Crippen molar-refractivity contribution in [1.82, 2.24) is 0 Å². The monoisotopic (exact) mass is 237 g/mol. The lowest BCUT2D eigenvalue weighted by Crippen LogP contribution is -2.01. The number of ketones is 1. The number of rotatable bonds is 4. The number of halogens is 1. The first-order chi connectivity index (χ1) is 7.58. The van der Waals surface area contributed by atoms with E-state index in [-0.39, 0.29) is 12.2 Å². The molecule has 1 aromatic carbocycles. The fraction of sp³-hybridized carbons (Fsp3) is 0.167. The third kappa shape index (κ3) is 4.75. The lowest BCUT2D eigenvalue weighted by molar-refractivity contribution is -0.418. The Labute approximate surface area is 99.2 Å². The number of hydrogen-bond donors (Lipinski definition) is 0. The molecular formula is C12H12ClNO2. The molecular weight excluding hydrogens is 226 g/mol. The molecule has 0 saturated carbocycles. The van der Waals surface area contributed by atoms with Crippen LogP contribution in [0.4, 0.5) is 0 Å². The quantitative estimate of drug-likeness (QED) is 0.266. The topological polar surface area (TPSA) is 43.1 Å². The first-order valence-electron chi connectivity index (χ1n) is 4.77. The maximum absolute atomic E-state index is 11.3. The summed E-state index contributed by atoms with van der Waals surface area (Å²) in [5, 5.41) is 11.2. The molecule has 0 spiro atoms. The second-order valence-electron chi connectivity index (χ2n) is 3.28. The van der Waals surface area contributed by atoms with Crippen molar-refractivity contribution in [3.8, 4) is 0 Å². The van der Waals surface area contributed by atoms with Gasteiger partial charge < -0.3 is 5.21 Å². The zero-order chi connectivity index (χ0) is 12.0. The van der Waals surface area contributed by atoms with Gasteiger partial charge in [-0.05, 0) is 23.8 Å². The van der Waals surface area contributed by atoms with E-state index in [1.807, 2.05) is 12.1 Å². The van der Waals surface area contributed by atoms with E-state index in [0.29, 0.717) is 9.76 Å². The third-order valence-electron chi connectivity index (χ3n) is 1.88. The van der Waals surface area contributed by atoms with Gasteiger partial charge in [0.1, 0.15) is 7.05 Å². The summed E-state index contributed by atoms with van der Waals surface area (Å²) in [6.45, 7) is 0. The molecule has 0 fully saturated rings. The first-order valence-corrected chi connectivity index (χ1v) is 5.15. The van der Waals surface area contributed by atoms with E-state index in [4.69, 9.17) is 11.6 Å². The summed E-state index contributed by atoms with van der Waals surface area (Å²) in [5.41, 5.74) is 0.897. The number of nitrogens with zero attached hydrogens (tertiary/aromatic N) is 1. The summed E-state index contributed by atoms with van der Waals surface area (Å²) < 4.78 is 0.619. The molecule has 0 heterocycles. The van der Waals surface area contributed by atoms with Gasteiger partial charge in [-0.3, -0.25) is 4.79 Å². The van der Waals surface area contributed by atoms with Crippen molar-refractivity contribution >= 4 is 29.7 Å². The highest BCUT2D eigenvalue weighted by atomic mass is 35.5.